The molecule has 2 unspecified atom stereocenters. The number of hydrogen-bond acceptors (Lipinski definition) is 3. The van der Waals surface area contributed by atoms with E-state index in [2.05, 4.69) is 13.5 Å². The maximum Gasteiger partial charge on any atom is 0.160 e. The van der Waals surface area contributed by atoms with E-state index < -0.39 is 9.84 Å². The van der Waals surface area contributed by atoms with Gasteiger partial charge in [0.15, 0.2) is 9.84 Å². The minimum absolute atomic E-state index is 0.0834. The summed E-state index contributed by atoms with van der Waals surface area (Å²) < 4.78 is 23.1. The van der Waals surface area contributed by atoms with Crippen molar-refractivity contribution in [2.24, 2.45) is 5.92 Å². The predicted molar refractivity (Wildman–Crippen MR) is 93.1 cm³/mol. The lowest BCUT2D eigenvalue weighted by Gasteiger charge is -2.21. The third-order valence-electron chi connectivity index (χ3n) is 3.70. The Morgan fingerprint density at radius 1 is 1.05 bits per heavy atom. The fraction of sp³-hybridized carbons (Fsp3) is 0.875. The first-order valence-corrected chi connectivity index (χ1v) is 11.1. The molecule has 4 heteroatoms. The molecule has 120 valence electrons. The summed E-state index contributed by atoms with van der Waals surface area (Å²) in [6, 6.07) is 0. The molecule has 0 aromatic rings. The van der Waals surface area contributed by atoms with E-state index in [0.29, 0.717) is 0 Å². The molecule has 0 amide bonds. The molecule has 0 aromatic heterocycles. The van der Waals surface area contributed by atoms with Crippen molar-refractivity contribution in [2.75, 3.05) is 12.5 Å². The van der Waals surface area contributed by atoms with Gasteiger partial charge in [-0.05, 0) is 12.7 Å². The van der Waals surface area contributed by atoms with Crippen LogP contribution in [0.25, 0.3) is 0 Å². The molecular weight excluding hydrogens is 288 g/mol. The van der Waals surface area contributed by atoms with E-state index in [9.17, 15) is 8.42 Å². The van der Waals surface area contributed by atoms with Crippen molar-refractivity contribution in [2.45, 2.75) is 69.3 Å². The van der Waals surface area contributed by atoms with Crippen molar-refractivity contribution in [3.63, 3.8) is 0 Å². The van der Waals surface area contributed by atoms with Crippen LogP contribution in [-0.2, 0) is 9.84 Å². The van der Waals surface area contributed by atoms with Crippen molar-refractivity contribution in [1.29, 1.82) is 0 Å². The Hall–Kier alpha value is 0.0400. The summed E-state index contributed by atoms with van der Waals surface area (Å²) in [5, 5.41) is 0. The minimum Gasteiger partial charge on any atom is -0.228 e. The fourth-order valence-electron chi connectivity index (χ4n) is 2.55. The zero-order chi connectivity index (χ0) is 15.4. The summed E-state index contributed by atoms with van der Waals surface area (Å²) in [6.45, 7) is 6.05. The van der Waals surface area contributed by atoms with Gasteiger partial charge in [0.25, 0.3) is 0 Å². The predicted octanol–water partition coefficient (Wildman–Crippen LogP) is 5.05. The average Bonchev–Trinajstić information content (AvgIpc) is 2.39. The third-order valence-corrected chi connectivity index (χ3v) is 7.33. The SMILES string of the molecule is C=CC(CCCCCCCCCC)C(SC)S(C)(=O)=O. The molecule has 0 aromatic carbocycles. The van der Waals surface area contributed by atoms with Crippen LogP contribution in [0.3, 0.4) is 0 Å². The molecule has 2 nitrogen and oxygen atoms in total. The molecule has 0 rings (SSSR count). The van der Waals surface area contributed by atoms with Crippen LogP contribution in [0.5, 0.6) is 0 Å². The largest absolute Gasteiger partial charge is 0.228 e. The molecule has 0 spiro atoms. The molecule has 0 saturated heterocycles. The maximum atomic E-state index is 11.7. The van der Waals surface area contributed by atoms with Crippen molar-refractivity contribution < 1.29 is 8.42 Å². The summed E-state index contributed by atoms with van der Waals surface area (Å²) >= 11 is 1.43. The molecule has 0 heterocycles. The monoisotopic (exact) mass is 320 g/mol. The lowest BCUT2D eigenvalue weighted by Crippen LogP contribution is -2.24. The lowest BCUT2D eigenvalue weighted by molar-refractivity contribution is 0.519. The van der Waals surface area contributed by atoms with E-state index in [1.807, 2.05) is 12.3 Å². The summed E-state index contributed by atoms with van der Waals surface area (Å²) in [6.07, 6.45) is 16.2. The van der Waals surface area contributed by atoms with Crippen LogP contribution in [0.4, 0.5) is 0 Å². The van der Waals surface area contributed by atoms with E-state index in [1.165, 1.54) is 63.0 Å². The van der Waals surface area contributed by atoms with Crippen molar-refractivity contribution in [3.05, 3.63) is 12.7 Å². The van der Waals surface area contributed by atoms with Crippen molar-refractivity contribution in [1.82, 2.24) is 0 Å². The number of unbranched alkanes of at least 4 members (excludes halogenated alkanes) is 7. The second-order valence-corrected chi connectivity index (χ2v) is 9.04. The first-order chi connectivity index (χ1) is 9.47. The second-order valence-electron chi connectivity index (χ2n) is 5.60. The topological polar surface area (TPSA) is 34.1 Å². The Morgan fingerprint density at radius 3 is 1.95 bits per heavy atom. The Bertz CT molecular complexity index is 336. The van der Waals surface area contributed by atoms with Gasteiger partial charge in [0.05, 0.1) is 0 Å². The van der Waals surface area contributed by atoms with E-state index in [-0.39, 0.29) is 10.5 Å². The Morgan fingerprint density at radius 2 is 1.55 bits per heavy atom. The highest BCUT2D eigenvalue weighted by atomic mass is 32.3. The van der Waals surface area contributed by atoms with E-state index >= 15 is 0 Å². The van der Waals surface area contributed by atoms with Crippen LogP contribution >= 0.6 is 11.8 Å². The standard InChI is InChI=1S/C16H32O2S2/c1-5-7-8-9-10-11-12-13-14-15(6-2)16(19-3)20(4,17)18/h6,15-16H,2,5,7-14H2,1,3-4H3. The van der Waals surface area contributed by atoms with Crippen molar-refractivity contribution in [3.8, 4) is 0 Å². The minimum atomic E-state index is -2.99. The van der Waals surface area contributed by atoms with Gasteiger partial charge in [-0.1, -0.05) is 64.4 Å². The highest BCUT2D eigenvalue weighted by Gasteiger charge is 2.26. The summed E-state index contributed by atoms with van der Waals surface area (Å²) in [5.74, 6) is 0.0834. The molecule has 0 radical (unpaired) electrons. The molecule has 0 N–H and O–H groups in total. The first kappa shape index (κ1) is 20.0. The maximum absolute atomic E-state index is 11.7. The summed E-state index contributed by atoms with van der Waals surface area (Å²) in [7, 11) is -2.99. The van der Waals surface area contributed by atoms with Crippen LogP contribution in [0, 0.1) is 5.92 Å². The molecule has 0 saturated carbocycles. The number of allylic oxidation sites excluding steroid dienone is 1. The van der Waals surface area contributed by atoms with Gasteiger partial charge in [-0.15, -0.1) is 18.3 Å². The quantitative estimate of drug-likeness (QED) is 0.351. The number of thioether (sulfide) groups is 1. The normalized spacial score (nSPS) is 14.9. The van der Waals surface area contributed by atoms with Crippen LogP contribution in [0.2, 0.25) is 0 Å². The summed E-state index contributed by atoms with van der Waals surface area (Å²) in [5.41, 5.74) is 0. The molecule has 0 fully saturated rings. The van der Waals surface area contributed by atoms with Crippen LogP contribution in [0.1, 0.15) is 64.7 Å². The van der Waals surface area contributed by atoms with Gasteiger partial charge in [-0.3, -0.25) is 0 Å². The fourth-order valence-corrected chi connectivity index (χ4v) is 5.42. The second kappa shape index (κ2) is 11.7. The van der Waals surface area contributed by atoms with Gasteiger partial charge in [0, 0.05) is 12.2 Å². The molecule has 0 aliphatic carbocycles. The van der Waals surface area contributed by atoms with Gasteiger partial charge in [-0.2, -0.15) is 0 Å². The Labute approximate surface area is 130 Å². The molecular formula is C16H32O2S2. The van der Waals surface area contributed by atoms with Gasteiger partial charge in [0.1, 0.15) is 4.58 Å². The Kier molecular flexibility index (Phi) is 11.7. The summed E-state index contributed by atoms with van der Waals surface area (Å²) in [4.78, 5) is 0. The van der Waals surface area contributed by atoms with Gasteiger partial charge in [-0.25, -0.2) is 8.42 Å². The number of hydrogen-bond donors (Lipinski definition) is 0. The molecule has 0 bridgehead atoms. The van der Waals surface area contributed by atoms with E-state index in [0.717, 1.165) is 12.8 Å². The van der Waals surface area contributed by atoms with E-state index in [1.54, 1.807) is 0 Å². The van der Waals surface area contributed by atoms with Crippen LogP contribution in [-0.4, -0.2) is 25.5 Å². The highest BCUT2D eigenvalue weighted by molar-refractivity contribution is 8.12. The van der Waals surface area contributed by atoms with Gasteiger partial charge in [0.2, 0.25) is 0 Å². The Balaban J connectivity index is 3.88. The van der Waals surface area contributed by atoms with E-state index in [4.69, 9.17) is 0 Å². The van der Waals surface area contributed by atoms with Crippen LogP contribution in [0.15, 0.2) is 12.7 Å². The smallest absolute Gasteiger partial charge is 0.160 e. The van der Waals surface area contributed by atoms with Crippen molar-refractivity contribution >= 4 is 21.6 Å². The number of sulfone groups is 1. The van der Waals surface area contributed by atoms with Gasteiger partial charge < -0.3 is 0 Å². The molecule has 0 aliphatic rings. The van der Waals surface area contributed by atoms with Crippen LogP contribution < -0.4 is 0 Å². The molecule has 20 heavy (non-hydrogen) atoms. The lowest BCUT2D eigenvalue weighted by atomic mass is 10.0. The zero-order valence-electron chi connectivity index (χ0n) is 13.4. The molecule has 0 aliphatic heterocycles. The number of rotatable bonds is 13. The molecule has 2 atom stereocenters. The first-order valence-electron chi connectivity index (χ1n) is 7.81. The average molecular weight is 321 g/mol. The third kappa shape index (κ3) is 9.06. The highest BCUT2D eigenvalue weighted by Crippen LogP contribution is 2.28. The zero-order valence-corrected chi connectivity index (χ0v) is 15.1. The van der Waals surface area contributed by atoms with Gasteiger partial charge >= 0.3 is 0 Å².